The van der Waals surface area contributed by atoms with Crippen LogP contribution in [0.3, 0.4) is 0 Å². The molecule has 0 radical (unpaired) electrons. The van der Waals surface area contributed by atoms with Crippen LogP contribution in [0.15, 0.2) is 60.7 Å². The maximum atomic E-state index is 13.7. The quantitative estimate of drug-likeness (QED) is 0.770. The summed E-state index contributed by atoms with van der Waals surface area (Å²) in [5, 5.41) is 4.28. The van der Waals surface area contributed by atoms with Crippen LogP contribution in [-0.2, 0) is 4.57 Å². The van der Waals surface area contributed by atoms with E-state index in [1.54, 1.807) is 0 Å². The van der Waals surface area contributed by atoms with Gasteiger partial charge in [-0.05, 0) is 12.5 Å². The van der Waals surface area contributed by atoms with E-state index in [0.717, 1.165) is 11.8 Å². The molecule has 23 heavy (non-hydrogen) atoms. The van der Waals surface area contributed by atoms with Crippen LogP contribution < -0.4 is 10.6 Å². The highest BCUT2D eigenvalue weighted by Crippen LogP contribution is 2.56. The summed E-state index contributed by atoms with van der Waals surface area (Å²) in [5.41, 5.74) is 1.26. The van der Waals surface area contributed by atoms with Crippen LogP contribution in [0, 0.1) is 0 Å². The SMILES string of the molecule is C[C@H](NCCP(=O)(c1ccccc1)C(C)(C)C)c1ccccc1. The van der Waals surface area contributed by atoms with Crippen LogP contribution in [0.5, 0.6) is 0 Å². The van der Waals surface area contributed by atoms with Crippen LogP contribution >= 0.6 is 7.14 Å². The highest BCUT2D eigenvalue weighted by molar-refractivity contribution is 7.73. The van der Waals surface area contributed by atoms with Crippen molar-refractivity contribution in [2.24, 2.45) is 0 Å². The third kappa shape index (κ3) is 4.34. The average Bonchev–Trinajstić information content (AvgIpc) is 2.55. The summed E-state index contributed by atoms with van der Waals surface area (Å²) in [5.74, 6) is 0. The Hall–Kier alpha value is -1.37. The molecule has 0 aliphatic heterocycles. The molecule has 2 rings (SSSR count). The van der Waals surface area contributed by atoms with Crippen LogP contribution in [0.25, 0.3) is 0 Å². The topological polar surface area (TPSA) is 29.1 Å². The van der Waals surface area contributed by atoms with Gasteiger partial charge in [0.2, 0.25) is 0 Å². The van der Waals surface area contributed by atoms with Gasteiger partial charge in [-0.15, -0.1) is 0 Å². The van der Waals surface area contributed by atoms with Crippen molar-refractivity contribution < 1.29 is 4.57 Å². The molecule has 2 nitrogen and oxygen atoms in total. The minimum Gasteiger partial charge on any atom is -0.318 e. The van der Waals surface area contributed by atoms with Gasteiger partial charge in [0.15, 0.2) is 0 Å². The number of nitrogens with one attached hydrogen (secondary N) is 1. The second-order valence-corrected chi connectivity index (χ2v) is 10.8. The number of hydrogen-bond donors (Lipinski definition) is 1. The average molecular weight is 329 g/mol. The molecule has 3 heteroatoms. The molecule has 0 amide bonds. The lowest BCUT2D eigenvalue weighted by Crippen LogP contribution is -2.30. The van der Waals surface area contributed by atoms with E-state index in [4.69, 9.17) is 0 Å². The zero-order valence-electron chi connectivity index (χ0n) is 14.6. The highest BCUT2D eigenvalue weighted by atomic mass is 31.2. The molecule has 0 aliphatic carbocycles. The Morgan fingerprint density at radius 1 is 0.957 bits per heavy atom. The van der Waals surface area contributed by atoms with Crippen molar-refractivity contribution in [2.45, 2.75) is 38.9 Å². The van der Waals surface area contributed by atoms with Crippen molar-refractivity contribution in [3.8, 4) is 0 Å². The molecule has 0 spiro atoms. The fourth-order valence-corrected chi connectivity index (χ4v) is 5.62. The first-order chi connectivity index (χ1) is 10.8. The molecule has 2 atom stereocenters. The summed E-state index contributed by atoms with van der Waals surface area (Å²) in [6, 6.07) is 20.6. The van der Waals surface area contributed by atoms with Crippen molar-refractivity contribution in [2.75, 3.05) is 12.7 Å². The predicted molar refractivity (Wildman–Crippen MR) is 101 cm³/mol. The molecular formula is C20H28NOP. The van der Waals surface area contributed by atoms with Crippen molar-refractivity contribution in [3.05, 3.63) is 66.2 Å². The maximum absolute atomic E-state index is 13.7. The fourth-order valence-electron chi connectivity index (χ4n) is 2.82. The van der Waals surface area contributed by atoms with E-state index in [9.17, 15) is 4.57 Å². The minimum atomic E-state index is -2.47. The van der Waals surface area contributed by atoms with Gasteiger partial charge in [0.05, 0.1) is 0 Å². The summed E-state index contributed by atoms with van der Waals surface area (Å²) in [6.45, 7) is 9.16. The Balaban J connectivity index is 2.07. The second kappa shape index (κ2) is 7.47. The lowest BCUT2D eigenvalue weighted by Gasteiger charge is -2.32. The Labute approximate surface area is 140 Å². The van der Waals surface area contributed by atoms with E-state index in [1.165, 1.54) is 5.56 Å². The van der Waals surface area contributed by atoms with Gasteiger partial charge in [-0.1, -0.05) is 81.4 Å². The Morgan fingerprint density at radius 3 is 2.00 bits per heavy atom. The second-order valence-electron chi connectivity index (χ2n) is 7.06. The smallest absolute Gasteiger partial charge is 0.121 e. The fraction of sp³-hybridized carbons (Fsp3) is 0.400. The number of rotatable bonds is 6. The van der Waals surface area contributed by atoms with Crippen LogP contribution in [-0.4, -0.2) is 17.9 Å². The molecule has 0 aromatic heterocycles. The van der Waals surface area contributed by atoms with Gasteiger partial charge in [-0.2, -0.15) is 0 Å². The van der Waals surface area contributed by atoms with Gasteiger partial charge in [0.1, 0.15) is 7.14 Å². The predicted octanol–water partition coefficient (Wildman–Crippen LogP) is 4.82. The normalized spacial score (nSPS) is 15.8. The van der Waals surface area contributed by atoms with Crippen molar-refractivity contribution in [3.63, 3.8) is 0 Å². The van der Waals surface area contributed by atoms with Gasteiger partial charge < -0.3 is 9.88 Å². The molecule has 2 aromatic carbocycles. The largest absolute Gasteiger partial charge is 0.318 e. The van der Waals surface area contributed by atoms with Crippen LogP contribution in [0.1, 0.15) is 39.3 Å². The molecule has 0 saturated heterocycles. The Kier molecular flexibility index (Phi) is 5.84. The van der Waals surface area contributed by atoms with Gasteiger partial charge in [-0.3, -0.25) is 0 Å². The van der Waals surface area contributed by atoms with Crippen molar-refractivity contribution >= 4 is 12.4 Å². The molecule has 1 N–H and O–H groups in total. The third-order valence-corrected chi connectivity index (χ3v) is 8.59. The highest BCUT2D eigenvalue weighted by Gasteiger charge is 2.37. The first kappa shape index (κ1) is 18.0. The van der Waals surface area contributed by atoms with E-state index >= 15 is 0 Å². The zero-order chi connectivity index (χ0) is 16.9. The maximum Gasteiger partial charge on any atom is 0.121 e. The van der Waals surface area contributed by atoms with E-state index in [2.05, 4.69) is 57.3 Å². The Bertz CT molecular complexity index is 646. The number of benzene rings is 2. The Morgan fingerprint density at radius 2 is 1.48 bits per heavy atom. The first-order valence-corrected chi connectivity index (χ1v) is 10.2. The molecule has 0 saturated carbocycles. The zero-order valence-corrected chi connectivity index (χ0v) is 15.5. The lowest BCUT2D eigenvalue weighted by molar-refractivity contribution is 0.545. The van der Waals surface area contributed by atoms with E-state index in [-0.39, 0.29) is 11.2 Å². The standard InChI is InChI=1S/C20H28NOP/c1-17(18-11-7-5-8-12-18)21-15-16-23(22,20(2,3)4)19-13-9-6-10-14-19/h5-14,17,21H,15-16H2,1-4H3/t17-,23?/m0/s1. The summed E-state index contributed by atoms with van der Waals surface area (Å²) >= 11 is 0. The van der Waals surface area contributed by atoms with E-state index < -0.39 is 7.14 Å². The van der Waals surface area contributed by atoms with Crippen LogP contribution in [0.2, 0.25) is 0 Å². The lowest BCUT2D eigenvalue weighted by atomic mass is 10.1. The molecule has 0 fully saturated rings. The first-order valence-electron chi connectivity index (χ1n) is 8.28. The van der Waals surface area contributed by atoms with Crippen LogP contribution in [0.4, 0.5) is 0 Å². The molecule has 2 aromatic rings. The van der Waals surface area contributed by atoms with Gasteiger partial charge in [-0.25, -0.2) is 0 Å². The molecule has 0 heterocycles. The molecule has 1 unspecified atom stereocenters. The van der Waals surface area contributed by atoms with E-state index in [0.29, 0.717) is 6.16 Å². The van der Waals surface area contributed by atoms with E-state index in [1.807, 2.05) is 36.4 Å². The van der Waals surface area contributed by atoms with Crippen molar-refractivity contribution in [1.82, 2.24) is 5.32 Å². The van der Waals surface area contributed by atoms with Crippen molar-refractivity contribution in [1.29, 1.82) is 0 Å². The summed E-state index contributed by atoms with van der Waals surface area (Å²) in [7, 11) is -2.47. The summed E-state index contributed by atoms with van der Waals surface area (Å²) < 4.78 is 13.7. The van der Waals surface area contributed by atoms with Gasteiger partial charge in [0.25, 0.3) is 0 Å². The van der Waals surface area contributed by atoms with Gasteiger partial charge >= 0.3 is 0 Å². The summed E-state index contributed by atoms with van der Waals surface area (Å²) in [6.07, 6.45) is 0.678. The summed E-state index contributed by atoms with van der Waals surface area (Å²) in [4.78, 5) is 0. The minimum absolute atomic E-state index is 0.230. The molecule has 0 aliphatic rings. The molecule has 124 valence electrons. The van der Waals surface area contributed by atoms with Gasteiger partial charge in [0, 0.05) is 29.2 Å². The monoisotopic (exact) mass is 329 g/mol. The molecule has 0 bridgehead atoms. The molecular weight excluding hydrogens is 301 g/mol. The third-order valence-electron chi connectivity index (χ3n) is 4.43. The number of hydrogen-bond acceptors (Lipinski definition) is 2.